The zero-order valence-electron chi connectivity index (χ0n) is 11.5. The second kappa shape index (κ2) is 5.32. The van der Waals surface area contributed by atoms with Crippen molar-refractivity contribution in [2.45, 2.75) is 56.6 Å². The standard InChI is InChI=1S/C16H21F2NO/c17-12-7-8-14(13(18)10-12)19-15-6-3-5-11-4-1-2-9-16(11,15)20/h7-8,10-11,15,19-20H,1-6,9H2/t11-,15+,16-/m1/s1. The van der Waals surface area contributed by atoms with Gasteiger partial charge in [0.1, 0.15) is 11.6 Å². The molecule has 2 nitrogen and oxygen atoms in total. The van der Waals surface area contributed by atoms with Gasteiger partial charge in [-0.15, -0.1) is 0 Å². The van der Waals surface area contributed by atoms with Crippen molar-refractivity contribution in [3.05, 3.63) is 29.8 Å². The predicted octanol–water partition coefficient (Wildman–Crippen LogP) is 3.85. The van der Waals surface area contributed by atoms with Crippen LogP contribution in [0.1, 0.15) is 44.9 Å². The molecule has 0 unspecified atom stereocenters. The smallest absolute Gasteiger partial charge is 0.149 e. The lowest BCUT2D eigenvalue weighted by atomic mass is 9.65. The fourth-order valence-corrected chi connectivity index (χ4v) is 3.92. The minimum Gasteiger partial charge on any atom is -0.387 e. The number of nitrogens with one attached hydrogen (secondary N) is 1. The van der Waals surface area contributed by atoms with Crippen molar-refractivity contribution in [1.82, 2.24) is 0 Å². The Morgan fingerprint density at radius 1 is 1.10 bits per heavy atom. The number of anilines is 1. The molecule has 0 spiro atoms. The molecule has 110 valence electrons. The first-order chi connectivity index (χ1) is 9.59. The van der Waals surface area contributed by atoms with Crippen molar-refractivity contribution in [2.24, 2.45) is 5.92 Å². The van der Waals surface area contributed by atoms with E-state index >= 15 is 0 Å². The van der Waals surface area contributed by atoms with Crippen LogP contribution in [0, 0.1) is 17.6 Å². The van der Waals surface area contributed by atoms with Gasteiger partial charge in [0.05, 0.1) is 17.3 Å². The Balaban J connectivity index is 1.81. The average molecular weight is 281 g/mol. The van der Waals surface area contributed by atoms with Gasteiger partial charge in [-0.2, -0.15) is 0 Å². The van der Waals surface area contributed by atoms with Crippen LogP contribution in [-0.2, 0) is 0 Å². The molecule has 1 aromatic carbocycles. The number of hydrogen-bond donors (Lipinski definition) is 2. The number of hydrogen-bond acceptors (Lipinski definition) is 2. The summed E-state index contributed by atoms with van der Waals surface area (Å²) < 4.78 is 26.7. The third-order valence-electron chi connectivity index (χ3n) is 5.00. The van der Waals surface area contributed by atoms with Gasteiger partial charge in [-0.05, 0) is 43.7 Å². The van der Waals surface area contributed by atoms with Crippen LogP contribution in [-0.4, -0.2) is 16.7 Å². The van der Waals surface area contributed by atoms with Crippen LogP contribution in [0.25, 0.3) is 0 Å². The van der Waals surface area contributed by atoms with E-state index < -0.39 is 17.2 Å². The van der Waals surface area contributed by atoms with Crippen LogP contribution in [0.5, 0.6) is 0 Å². The van der Waals surface area contributed by atoms with Crippen molar-refractivity contribution in [2.75, 3.05) is 5.32 Å². The van der Waals surface area contributed by atoms with Crippen LogP contribution < -0.4 is 5.32 Å². The topological polar surface area (TPSA) is 32.3 Å². The van der Waals surface area contributed by atoms with Crippen molar-refractivity contribution in [1.29, 1.82) is 0 Å². The summed E-state index contributed by atoms with van der Waals surface area (Å²) in [6, 6.07) is 3.41. The van der Waals surface area contributed by atoms with Gasteiger partial charge in [0.15, 0.2) is 0 Å². The maximum Gasteiger partial charge on any atom is 0.149 e. The Hall–Kier alpha value is -1.16. The number of halogens is 2. The second-order valence-electron chi connectivity index (χ2n) is 6.19. The molecule has 4 heteroatoms. The van der Waals surface area contributed by atoms with Gasteiger partial charge in [0.2, 0.25) is 0 Å². The predicted molar refractivity (Wildman–Crippen MR) is 74.5 cm³/mol. The van der Waals surface area contributed by atoms with Crippen molar-refractivity contribution in [3.8, 4) is 0 Å². The molecule has 3 rings (SSSR count). The fraction of sp³-hybridized carbons (Fsp3) is 0.625. The molecule has 0 radical (unpaired) electrons. The molecule has 2 N–H and O–H groups in total. The Kier molecular flexibility index (Phi) is 3.67. The third-order valence-corrected chi connectivity index (χ3v) is 5.00. The van der Waals surface area contributed by atoms with Gasteiger partial charge in [-0.25, -0.2) is 8.78 Å². The van der Waals surface area contributed by atoms with E-state index in [0.29, 0.717) is 5.92 Å². The molecule has 2 aliphatic carbocycles. The van der Waals surface area contributed by atoms with Crippen molar-refractivity contribution >= 4 is 5.69 Å². The molecule has 1 aromatic rings. The highest BCUT2D eigenvalue weighted by Crippen LogP contribution is 2.44. The Morgan fingerprint density at radius 3 is 2.70 bits per heavy atom. The first kappa shape index (κ1) is 13.8. The fourth-order valence-electron chi connectivity index (χ4n) is 3.92. The van der Waals surface area contributed by atoms with E-state index in [1.807, 2.05) is 0 Å². The molecule has 2 saturated carbocycles. The summed E-state index contributed by atoms with van der Waals surface area (Å²) in [5.74, 6) is -0.858. The number of aliphatic hydroxyl groups is 1. The van der Waals surface area contributed by atoms with Crippen LogP contribution >= 0.6 is 0 Å². The zero-order valence-corrected chi connectivity index (χ0v) is 11.5. The summed E-state index contributed by atoms with van der Waals surface area (Å²) in [5, 5.41) is 14.1. The largest absolute Gasteiger partial charge is 0.387 e. The summed E-state index contributed by atoms with van der Waals surface area (Å²) in [6.45, 7) is 0. The Bertz CT molecular complexity index is 491. The molecule has 0 heterocycles. The van der Waals surface area contributed by atoms with Crippen molar-refractivity contribution < 1.29 is 13.9 Å². The normalized spacial score (nSPS) is 33.5. The number of benzene rings is 1. The molecule has 3 atom stereocenters. The quantitative estimate of drug-likeness (QED) is 0.863. The highest BCUT2D eigenvalue weighted by molar-refractivity contribution is 5.46. The van der Waals surface area contributed by atoms with Crippen LogP contribution in [0.2, 0.25) is 0 Å². The van der Waals surface area contributed by atoms with Crippen molar-refractivity contribution in [3.63, 3.8) is 0 Å². The van der Waals surface area contributed by atoms with E-state index in [1.165, 1.54) is 18.6 Å². The van der Waals surface area contributed by atoms with Gasteiger partial charge in [-0.1, -0.05) is 19.3 Å². The minimum atomic E-state index is -0.739. The first-order valence-electron chi connectivity index (χ1n) is 7.53. The Labute approximate surface area is 118 Å². The summed E-state index contributed by atoms with van der Waals surface area (Å²) in [7, 11) is 0. The van der Waals surface area contributed by atoms with E-state index in [0.717, 1.165) is 44.6 Å². The highest BCUT2D eigenvalue weighted by Gasteiger charge is 2.47. The average Bonchev–Trinajstić information content (AvgIpc) is 2.42. The summed E-state index contributed by atoms with van der Waals surface area (Å²) >= 11 is 0. The lowest BCUT2D eigenvalue weighted by molar-refractivity contribution is -0.0835. The van der Waals surface area contributed by atoms with E-state index in [1.54, 1.807) is 0 Å². The van der Waals surface area contributed by atoms with Gasteiger partial charge in [-0.3, -0.25) is 0 Å². The summed E-state index contributed by atoms with van der Waals surface area (Å²) in [4.78, 5) is 0. The Morgan fingerprint density at radius 2 is 1.90 bits per heavy atom. The number of rotatable bonds is 2. The monoisotopic (exact) mass is 281 g/mol. The maximum absolute atomic E-state index is 13.8. The lowest BCUT2D eigenvalue weighted by Gasteiger charge is -2.49. The molecule has 2 fully saturated rings. The number of fused-ring (bicyclic) bond motifs is 1. The second-order valence-corrected chi connectivity index (χ2v) is 6.19. The van der Waals surface area contributed by atoms with E-state index in [9.17, 15) is 13.9 Å². The molecule has 0 saturated heterocycles. The first-order valence-corrected chi connectivity index (χ1v) is 7.53. The van der Waals surface area contributed by atoms with Gasteiger partial charge in [0.25, 0.3) is 0 Å². The van der Waals surface area contributed by atoms with Gasteiger partial charge < -0.3 is 10.4 Å². The summed E-state index contributed by atoms with van der Waals surface area (Å²) in [6.07, 6.45) is 6.97. The summed E-state index contributed by atoms with van der Waals surface area (Å²) in [5.41, 5.74) is -0.451. The zero-order chi connectivity index (χ0) is 14.2. The lowest BCUT2D eigenvalue weighted by Crippen LogP contribution is -2.56. The minimum absolute atomic E-state index is 0.137. The van der Waals surface area contributed by atoms with Gasteiger partial charge >= 0.3 is 0 Å². The molecule has 0 aromatic heterocycles. The van der Waals surface area contributed by atoms with Crippen LogP contribution in [0.4, 0.5) is 14.5 Å². The molecular weight excluding hydrogens is 260 g/mol. The molecular formula is C16H21F2NO. The highest BCUT2D eigenvalue weighted by atomic mass is 19.1. The maximum atomic E-state index is 13.8. The molecule has 0 bridgehead atoms. The molecule has 2 aliphatic rings. The molecule has 0 amide bonds. The third kappa shape index (κ3) is 2.41. The SMILES string of the molecule is O[C@]12CCCC[C@@H]1CCC[C@@H]2Nc1ccc(F)cc1F. The van der Waals surface area contributed by atoms with Crippen LogP contribution in [0.3, 0.4) is 0 Å². The van der Waals surface area contributed by atoms with E-state index in [2.05, 4.69) is 5.32 Å². The molecule has 0 aliphatic heterocycles. The van der Waals surface area contributed by atoms with Crippen LogP contribution in [0.15, 0.2) is 18.2 Å². The van der Waals surface area contributed by atoms with E-state index in [4.69, 9.17) is 0 Å². The van der Waals surface area contributed by atoms with E-state index in [-0.39, 0.29) is 11.7 Å². The molecule has 20 heavy (non-hydrogen) atoms. The van der Waals surface area contributed by atoms with Gasteiger partial charge in [0, 0.05) is 6.07 Å².